The number of hydrogen-bond donors (Lipinski definition) is 1. The molecule has 1 atom stereocenters. The summed E-state index contributed by atoms with van der Waals surface area (Å²) in [4.78, 5) is 2.23. The predicted molar refractivity (Wildman–Crippen MR) is 74.9 cm³/mol. The van der Waals surface area contributed by atoms with Crippen molar-refractivity contribution in [1.82, 2.24) is 0 Å². The molecule has 0 spiro atoms. The molecular formula is C12H16BrNO2S. The second kappa shape index (κ2) is 5.50. The van der Waals surface area contributed by atoms with Crippen molar-refractivity contribution in [3.8, 4) is 0 Å². The second-order valence-electron chi connectivity index (χ2n) is 4.22. The van der Waals surface area contributed by atoms with Crippen molar-refractivity contribution in [3.63, 3.8) is 0 Å². The molecule has 94 valence electrons. The Morgan fingerprint density at radius 2 is 2.06 bits per heavy atom. The van der Waals surface area contributed by atoms with Crippen molar-refractivity contribution in [2.45, 2.75) is 13.0 Å². The van der Waals surface area contributed by atoms with E-state index in [4.69, 9.17) is 0 Å². The maximum atomic E-state index is 11.3. The molecule has 1 aliphatic heterocycles. The highest BCUT2D eigenvalue weighted by molar-refractivity contribution is 9.10. The van der Waals surface area contributed by atoms with Gasteiger partial charge in [-0.2, -0.15) is 0 Å². The third-order valence-electron chi connectivity index (χ3n) is 2.97. The van der Waals surface area contributed by atoms with Gasteiger partial charge in [-0.3, -0.25) is 4.21 Å². The number of anilines is 1. The van der Waals surface area contributed by atoms with Gasteiger partial charge in [0.1, 0.15) is 0 Å². The molecule has 1 saturated heterocycles. The molecule has 1 aromatic carbocycles. The average Bonchev–Trinajstić information content (AvgIpc) is 2.30. The number of halogens is 1. The van der Waals surface area contributed by atoms with Gasteiger partial charge in [0.15, 0.2) is 0 Å². The minimum Gasteiger partial charge on any atom is -0.389 e. The molecule has 2 rings (SSSR count). The fourth-order valence-electron chi connectivity index (χ4n) is 1.92. The smallest absolute Gasteiger partial charge is 0.0762 e. The monoisotopic (exact) mass is 317 g/mol. The lowest BCUT2D eigenvalue weighted by Gasteiger charge is -2.29. The summed E-state index contributed by atoms with van der Waals surface area (Å²) in [6.45, 7) is 3.42. The lowest BCUT2D eigenvalue weighted by atomic mass is 10.1. The number of aliphatic hydroxyl groups excluding tert-OH is 1. The first-order valence-corrected chi connectivity index (χ1v) is 7.93. The largest absolute Gasteiger partial charge is 0.389 e. The quantitative estimate of drug-likeness (QED) is 0.907. The SMILES string of the molecule is C[C@H](O)c1ccc(N2CCS(=O)CC2)c(Br)c1. The van der Waals surface area contributed by atoms with Crippen LogP contribution in [0.3, 0.4) is 0 Å². The van der Waals surface area contributed by atoms with Crippen molar-refractivity contribution in [2.75, 3.05) is 29.5 Å². The predicted octanol–water partition coefficient (Wildman–Crippen LogP) is 2.07. The second-order valence-corrected chi connectivity index (χ2v) is 6.77. The Labute approximate surface area is 112 Å². The summed E-state index contributed by atoms with van der Waals surface area (Å²) in [5.74, 6) is 1.48. The zero-order valence-electron chi connectivity index (χ0n) is 9.73. The van der Waals surface area contributed by atoms with Crippen molar-refractivity contribution in [3.05, 3.63) is 28.2 Å². The fourth-order valence-corrected chi connectivity index (χ4v) is 3.62. The van der Waals surface area contributed by atoms with Gasteiger partial charge in [-0.1, -0.05) is 6.07 Å². The van der Waals surface area contributed by atoms with Crippen molar-refractivity contribution >= 4 is 32.4 Å². The summed E-state index contributed by atoms with van der Waals surface area (Å²) in [5, 5.41) is 9.51. The lowest BCUT2D eigenvalue weighted by molar-refractivity contribution is 0.199. The van der Waals surface area contributed by atoms with Crippen LogP contribution in [-0.2, 0) is 10.8 Å². The maximum Gasteiger partial charge on any atom is 0.0762 e. The van der Waals surface area contributed by atoms with Gasteiger partial charge in [0.05, 0.1) is 11.8 Å². The van der Waals surface area contributed by atoms with Crippen LogP contribution >= 0.6 is 15.9 Å². The van der Waals surface area contributed by atoms with E-state index in [9.17, 15) is 9.32 Å². The normalized spacial score (nSPS) is 19.4. The summed E-state index contributed by atoms with van der Waals surface area (Å²) < 4.78 is 12.3. The molecule has 0 saturated carbocycles. The zero-order valence-corrected chi connectivity index (χ0v) is 12.1. The summed E-state index contributed by atoms with van der Waals surface area (Å²) in [5.41, 5.74) is 2.02. The third kappa shape index (κ3) is 3.09. The van der Waals surface area contributed by atoms with Crippen LogP contribution in [0, 0.1) is 0 Å². The molecule has 0 aliphatic carbocycles. The Morgan fingerprint density at radius 3 is 2.59 bits per heavy atom. The van der Waals surface area contributed by atoms with Crippen LogP contribution in [0.4, 0.5) is 5.69 Å². The van der Waals surface area contributed by atoms with Gasteiger partial charge < -0.3 is 10.0 Å². The molecule has 1 fully saturated rings. The highest BCUT2D eigenvalue weighted by atomic mass is 79.9. The minimum atomic E-state index is -0.650. The van der Waals surface area contributed by atoms with Gasteiger partial charge in [0.25, 0.3) is 0 Å². The van der Waals surface area contributed by atoms with Crippen molar-refractivity contribution < 1.29 is 9.32 Å². The molecule has 1 N–H and O–H groups in total. The first-order valence-electron chi connectivity index (χ1n) is 5.65. The van der Waals surface area contributed by atoms with E-state index < -0.39 is 16.9 Å². The van der Waals surface area contributed by atoms with Crippen LogP contribution < -0.4 is 4.90 Å². The topological polar surface area (TPSA) is 40.5 Å². The van der Waals surface area contributed by atoms with Gasteiger partial charge >= 0.3 is 0 Å². The van der Waals surface area contributed by atoms with E-state index in [2.05, 4.69) is 20.8 Å². The van der Waals surface area contributed by atoms with Gasteiger partial charge in [-0.05, 0) is 40.5 Å². The van der Waals surface area contributed by atoms with Crippen molar-refractivity contribution in [1.29, 1.82) is 0 Å². The van der Waals surface area contributed by atoms with E-state index >= 15 is 0 Å². The lowest BCUT2D eigenvalue weighted by Crippen LogP contribution is -2.37. The van der Waals surface area contributed by atoms with Crippen LogP contribution in [-0.4, -0.2) is 33.9 Å². The zero-order chi connectivity index (χ0) is 12.4. The molecular weight excluding hydrogens is 302 g/mol. The average molecular weight is 318 g/mol. The maximum absolute atomic E-state index is 11.3. The summed E-state index contributed by atoms with van der Waals surface area (Å²) in [6.07, 6.45) is -0.450. The van der Waals surface area contributed by atoms with E-state index in [1.54, 1.807) is 6.92 Å². The highest BCUT2D eigenvalue weighted by Gasteiger charge is 2.17. The Bertz CT molecular complexity index is 427. The molecule has 1 heterocycles. The molecule has 5 heteroatoms. The van der Waals surface area contributed by atoms with Crippen LogP contribution in [0.2, 0.25) is 0 Å². The first kappa shape index (κ1) is 13.1. The molecule has 3 nitrogen and oxygen atoms in total. The highest BCUT2D eigenvalue weighted by Crippen LogP contribution is 2.30. The molecule has 1 aliphatic rings. The molecule has 17 heavy (non-hydrogen) atoms. The minimum absolute atomic E-state index is 0.450. The fraction of sp³-hybridized carbons (Fsp3) is 0.500. The third-order valence-corrected chi connectivity index (χ3v) is 4.88. The van der Waals surface area contributed by atoms with Crippen LogP contribution in [0.1, 0.15) is 18.6 Å². The number of nitrogens with zero attached hydrogens (tertiary/aromatic N) is 1. The molecule has 1 aromatic rings. The number of rotatable bonds is 2. The Morgan fingerprint density at radius 1 is 1.41 bits per heavy atom. The van der Waals surface area contributed by atoms with Crippen molar-refractivity contribution in [2.24, 2.45) is 0 Å². The molecule has 0 bridgehead atoms. The molecule has 0 amide bonds. The van der Waals surface area contributed by atoms with Gasteiger partial charge in [0.2, 0.25) is 0 Å². The summed E-state index contributed by atoms with van der Waals surface area (Å²) >= 11 is 3.54. The molecule has 0 aromatic heterocycles. The van der Waals surface area contributed by atoms with E-state index in [0.29, 0.717) is 0 Å². The Kier molecular flexibility index (Phi) is 4.22. The standard InChI is InChI=1S/C12H16BrNO2S/c1-9(15)10-2-3-12(11(13)8-10)14-4-6-17(16)7-5-14/h2-3,8-9,15H,4-7H2,1H3/t9-/m0/s1. The van der Waals surface area contributed by atoms with E-state index in [-0.39, 0.29) is 0 Å². The van der Waals surface area contributed by atoms with Gasteiger partial charge in [0, 0.05) is 39.9 Å². The first-order chi connectivity index (χ1) is 8.08. The van der Waals surface area contributed by atoms with Crippen LogP contribution in [0.5, 0.6) is 0 Å². The van der Waals surface area contributed by atoms with Gasteiger partial charge in [-0.15, -0.1) is 0 Å². The number of aliphatic hydroxyl groups is 1. The summed E-state index contributed by atoms with van der Waals surface area (Å²) in [7, 11) is -0.650. The van der Waals surface area contributed by atoms with E-state index in [1.165, 1.54) is 0 Å². The Hall–Kier alpha value is -0.390. The summed E-state index contributed by atoms with van der Waals surface area (Å²) in [6, 6.07) is 5.91. The Balaban J connectivity index is 2.19. The van der Waals surface area contributed by atoms with E-state index in [1.807, 2.05) is 18.2 Å². The number of benzene rings is 1. The molecule has 0 unspecified atom stereocenters. The van der Waals surface area contributed by atoms with E-state index in [0.717, 1.165) is 40.3 Å². The number of hydrogen-bond acceptors (Lipinski definition) is 3. The van der Waals surface area contributed by atoms with Crippen LogP contribution in [0.25, 0.3) is 0 Å². The van der Waals surface area contributed by atoms with Crippen LogP contribution in [0.15, 0.2) is 22.7 Å². The molecule has 0 radical (unpaired) electrons. The van der Waals surface area contributed by atoms with Gasteiger partial charge in [-0.25, -0.2) is 0 Å².